The minimum Gasteiger partial charge on any atom is -0.392 e. The molecule has 1 saturated carbocycles. The quantitative estimate of drug-likeness (QED) is 0.516. The Balaban J connectivity index is 1.91. The van der Waals surface area contributed by atoms with Crippen LogP contribution in [-0.4, -0.2) is 65.9 Å². The fraction of sp³-hybridized carbons (Fsp3) is 1.00. The molecular weight excluding hydrogens is 387 g/mol. The van der Waals surface area contributed by atoms with Crippen molar-refractivity contribution >= 4 is 7.82 Å². The average Bonchev–Trinajstić information content (AvgIpc) is 3.02. The van der Waals surface area contributed by atoms with Crippen LogP contribution in [-0.2, 0) is 27.8 Å². The average molecular weight is 424 g/mol. The zero-order valence-electron chi connectivity index (χ0n) is 17.8. The Morgan fingerprint density at radius 2 is 1.75 bits per heavy atom. The molecule has 2 aliphatic rings. The highest BCUT2D eigenvalue weighted by Gasteiger charge is 2.45. The third-order valence-electron chi connectivity index (χ3n) is 5.23. The Morgan fingerprint density at radius 3 is 2.36 bits per heavy atom. The molecule has 166 valence electrons. The second-order valence-electron chi connectivity index (χ2n) is 8.60. The molecule has 8 nitrogen and oxygen atoms in total. The highest BCUT2D eigenvalue weighted by Crippen LogP contribution is 2.50. The first-order valence-electron chi connectivity index (χ1n) is 10.2. The highest BCUT2D eigenvalue weighted by atomic mass is 31.2. The molecule has 2 N–H and O–H groups in total. The Kier molecular flexibility index (Phi) is 8.92. The van der Waals surface area contributed by atoms with E-state index in [1.54, 1.807) is 0 Å². The van der Waals surface area contributed by atoms with Gasteiger partial charge in [0, 0.05) is 12.3 Å². The third-order valence-corrected chi connectivity index (χ3v) is 6.24. The molecule has 0 aromatic carbocycles. The van der Waals surface area contributed by atoms with Crippen LogP contribution >= 0.6 is 7.82 Å². The first-order chi connectivity index (χ1) is 13.0. The van der Waals surface area contributed by atoms with Crippen molar-refractivity contribution in [3.8, 4) is 0 Å². The van der Waals surface area contributed by atoms with Crippen LogP contribution in [0, 0.1) is 11.8 Å². The van der Waals surface area contributed by atoms with Crippen LogP contribution < -0.4 is 0 Å². The lowest BCUT2D eigenvalue weighted by atomic mass is 10.0. The normalized spacial score (nSPS) is 38.4. The molecule has 0 aromatic heterocycles. The molecule has 0 amide bonds. The van der Waals surface area contributed by atoms with Gasteiger partial charge in [-0.25, -0.2) is 4.57 Å². The zero-order chi connectivity index (χ0) is 21.1. The number of phosphoric acid groups is 1. The van der Waals surface area contributed by atoms with Gasteiger partial charge in [0.05, 0.1) is 49.8 Å². The van der Waals surface area contributed by atoms with Gasteiger partial charge in [-0.2, -0.15) is 0 Å². The summed E-state index contributed by atoms with van der Waals surface area (Å²) in [7, 11) is -4.31. The summed E-state index contributed by atoms with van der Waals surface area (Å²) in [6.45, 7) is 11.7. The van der Waals surface area contributed by atoms with Gasteiger partial charge >= 0.3 is 7.82 Å². The number of aliphatic hydroxyl groups excluding tert-OH is 1. The molecule has 1 aliphatic carbocycles. The van der Waals surface area contributed by atoms with Crippen molar-refractivity contribution in [3.63, 3.8) is 0 Å². The number of rotatable bonds is 10. The van der Waals surface area contributed by atoms with E-state index < -0.39 is 26.1 Å². The summed E-state index contributed by atoms with van der Waals surface area (Å²) in [5.74, 6) is -0.421. The van der Waals surface area contributed by atoms with Gasteiger partial charge in [0.25, 0.3) is 0 Å². The number of ether oxygens (including phenoxy) is 3. The summed E-state index contributed by atoms with van der Waals surface area (Å²) in [6, 6.07) is 0. The Bertz CT molecular complexity index is 528. The van der Waals surface area contributed by atoms with Crippen LogP contribution in [0.25, 0.3) is 0 Å². The van der Waals surface area contributed by atoms with Gasteiger partial charge < -0.3 is 24.2 Å². The number of hydrogen-bond donors (Lipinski definition) is 2. The fourth-order valence-corrected chi connectivity index (χ4v) is 4.86. The van der Waals surface area contributed by atoms with Crippen LogP contribution in [0.2, 0.25) is 0 Å². The molecule has 2 rings (SSSR count). The largest absolute Gasteiger partial charge is 0.472 e. The molecule has 8 atom stereocenters. The van der Waals surface area contributed by atoms with Crippen LogP contribution in [0.5, 0.6) is 0 Å². The predicted octanol–water partition coefficient (Wildman–Crippen LogP) is 2.90. The lowest BCUT2D eigenvalue weighted by molar-refractivity contribution is -0.0661. The number of aliphatic hydroxyl groups is 1. The smallest absolute Gasteiger partial charge is 0.392 e. The summed E-state index contributed by atoms with van der Waals surface area (Å²) in [6.07, 6.45) is -0.648. The van der Waals surface area contributed by atoms with E-state index in [2.05, 4.69) is 0 Å². The van der Waals surface area contributed by atoms with Gasteiger partial charge in [0.2, 0.25) is 0 Å². The Hall–Kier alpha value is -0.0500. The minimum absolute atomic E-state index is 0.000243. The number of phosphoric ester groups is 1. The van der Waals surface area contributed by atoms with Gasteiger partial charge in [0.1, 0.15) is 6.10 Å². The van der Waals surface area contributed by atoms with Crippen LogP contribution in [0.3, 0.4) is 0 Å². The van der Waals surface area contributed by atoms with Crippen LogP contribution in [0.4, 0.5) is 0 Å². The Morgan fingerprint density at radius 1 is 1.07 bits per heavy atom. The minimum atomic E-state index is -4.31. The lowest BCUT2D eigenvalue weighted by Crippen LogP contribution is -2.32. The molecule has 1 heterocycles. The van der Waals surface area contributed by atoms with E-state index in [1.165, 1.54) is 0 Å². The SMILES string of the molecule is CC(C)OC[C@H]1C(O)[C@@H](C)C[C@H]1OP(=O)(O)OCC1O[C@@H](C)C[C@H]1OC(C)C. The van der Waals surface area contributed by atoms with Crippen molar-refractivity contribution < 1.29 is 37.8 Å². The summed E-state index contributed by atoms with van der Waals surface area (Å²) in [4.78, 5) is 10.2. The van der Waals surface area contributed by atoms with Crippen LogP contribution in [0.15, 0.2) is 0 Å². The maximum atomic E-state index is 12.5. The molecule has 28 heavy (non-hydrogen) atoms. The van der Waals surface area contributed by atoms with E-state index in [1.807, 2.05) is 41.5 Å². The second kappa shape index (κ2) is 10.3. The molecule has 0 radical (unpaired) electrons. The zero-order valence-corrected chi connectivity index (χ0v) is 18.7. The van der Waals surface area contributed by atoms with Crippen molar-refractivity contribution in [2.24, 2.45) is 11.8 Å². The van der Waals surface area contributed by atoms with E-state index in [4.69, 9.17) is 23.3 Å². The first kappa shape index (κ1) is 24.2. The monoisotopic (exact) mass is 424 g/mol. The van der Waals surface area contributed by atoms with Gasteiger partial charge in [-0.1, -0.05) is 6.92 Å². The highest BCUT2D eigenvalue weighted by molar-refractivity contribution is 7.47. The van der Waals surface area contributed by atoms with Gasteiger partial charge in [0.15, 0.2) is 0 Å². The van der Waals surface area contributed by atoms with Gasteiger partial charge in [-0.05, 0) is 47.0 Å². The third kappa shape index (κ3) is 7.03. The summed E-state index contributed by atoms with van der Waals surface area (Å²) < 4.78 is 40.4. The molecule has 2 fully saturated rings. The molecule has 9 heteroatoms. The fourth-order valence-electron chi connectivity index (χ4n) is 3.88. The molecular formula is C19H37O8P. The standard InChI is InChI=1S/C19H37O8P/c1-11(2)23-9-15-16(7-13(5)19(15)20)27-28(21,22)24-10-18-17(25-12(3)4)8-14(6)26-18/h11-20H,7-10H2,1-6H3,(H,21,22)/t13-,14-,15+,16+,17+,18?,19?/m0/s1. The number of hydrogen-bond acceptors (Lipinski definition) is 7. The molecule has 1 saturated heterocycles. The van der Waals surface area contributed by atoms with E-state index in [9.17, 15) is 14.6 Å². The second-order valence-corrected chi connectivity index (χ2v) is 10.0. The van der Waals surface area contributed by atoms with Crippen molar-refractivity contribution in [2.75, 3.05) is 13.2 Å². The van der Waals surface area contributed by atoms with Crippen molar-refractivity contribution in [2.45, 2.75) is 97.1 Å². The molecule has 0 spiro atoms. The van der Waals surface area contributed by atoms with E-state index in [-0.39, 0.29) is 49.5 Å². The summed E-state index contributed by atoms with van der Waals surface area (Å²) in [5.41, 5.74) is 0. The lowest BCUT2D eigenvalue weighted by Gasteiger charge is -2.26. The molecule has 0 bridgehead atoms. The molecule has 0 aromatic rings. The first-order valence-corrected chi connectivity index (χ1v) is 11.7. The van der Waals surface area contributed by atoms with Gasteiger partial charge in [-0.15, -0.1) is 0 Å². The maximum Gasteiger partial charge on any atom is 0.472 e. The van der Waals surface area contributed by atoms with E-state index in [0.29, 0.717) is 12.8 Å². The van der Waals surface area contributed by atoms with Crippen molar-refractivity contribution in [3.05, 3.63) is 0 Å². The predicted molar refractivity (Wildman–Crippen MR) is 104 cm³/mol. The summed E-state index contributed by atoms with van der Waals surface area (Å²) in [5, 5.41) is 10.4. The topological polar surface area (TPSA) is 104 Å². The van der Waals surface area contributed by atoms with Crippen molar-refractivity contribution in [1.82, 2.24) is 0 Å². The van der Waals surface area contributed by atoms with Crippen LogP contribution in [0.1, 0.15) is 54.4 Å². The van der Waals surface area contributed by atoms with E-state index >= 15 is 0 Å². The molecule has 1 aliphatic heterocycles. The maximum absolute atomic E-state index is 12.5. The van der Waals surface area contributed by atoms with Crippen molar-refractivity contribution in [1.29, 1.82) is 0 Å². The van der Waals surface area contributed by atoms with Gasteiger partial charge in [-0.3, -0.25) is 9.05 Å². The van der Waals surface area contributed by atoms with E-state index in [0.717, 1.165) is 0 Å². The molecule has 3 unspecified atom stereocenters. The Labute approximate surface area is 168 Å². The summed E-state index contributed by atoms with van der Waals surface area (Å²) >= 11 is 0.